The van der Waals surface area contributed by atoms with Crippen molar-refractivity contribution in [2.75, 3.05) is 6.54 Å². The van der Waals surface area contributed by atoms with Crippen LogP contribution in [0.1, 0.15) is 13.3 Å². The fourth-order valence-corrected chi connectivity index (χ4v) is 0.815. The molecule has 0 aliphatic carbocycles. The minimum absolute atomic E-state index is 0. The first-order valence-electron chi connectivity index (χ1n) is 3.75. The van der Waals surface area contributed by atoms with E-state index >= 15 is 0 Å². The van der Waals surface area contributed by atoms with Crippen LogP contribution in [0.5, 0.6) is 0 Å². The number of carbonyl (C=O) groups is 2. The number of aliphatic carboxylic acids is 2. The van der Waals surface area contributed by atoms with Gasteiger partial charge in [-0.3, -0.25) is 9.59 Å². The maximum atomic E-state index is 10.5. The van der Waals surface area contributed by atoms with Gasteiger partial charge in [-0.15, -0.1) is 11.6 Å². The van der Waals surface area contributed by atoms with Crippen molar-refractivity contribution in [3.8, 4) is 0 Å². The molecule has 0 heterocycles. The third kappa shape index (κ3) is 13.1. The first-order valence-corrected chi connectivity index (χ1v) is 4.19. The molecule has 0 aromatic carbocycles. The van der Waals surface area contributed by atoms with Crippen molar-refractivity contribution in [1.29, 1.82) is 0 Å². The van der Waals surface area contributed by atoms with Gasteiger partial charge in [-0.25, -0.2) is 0 Å². The number of halogens is 1. The first-order chi connectivity index (χ1) is 5.93. The molecule has 0 aliphatic heterocycles. The number of hydrogen-bond acceptors (Lipinski definition) is 3. The Balaban J connectivity index is -0.000000720. The Hall–Kier alpha value is 1.19. The molecule has 0 amide bonds. The molecule has 15 heavy (non-hydrogen) atoms. The molecule has 0 saturated heterocycles. The average Bonchev–Trinajstić information content (AvgIpc) is 1.96. The van der Waals surface area contributed by atoms with Gasteiger partial charge in [0.25, 0.3) is 0 Å². The van der Waals surface area contributed by atoms with Crippen LogP contribution in [0.2, 0.25) is 0 Å². The molecular weight excluding hydrogens is 244 g/mol. The van der Waals surface area contributed by atoms with E-state index in [0.717, 1.165) is 0 Å². The Bertz CT molecular complexity index is 203. The van der Waals surface area contributed by atoms with Gasteiger partial charge in [-0.1, -0.05) is 0 Å². The Morgan fingerprint density at radius 2 is 1.80 bits per heavy atom. The minimum atomic E-state index is -1.18. The molecule has 2 atom stereocenters. The van der Waals surface area contributed by atoms with E-state index in [4.69, 9.17) is 21.8 Å². The van der Waals surface area contributed by atoms with E-state index in [9.17, 15) is 9.59 Å². The molecule has 0 aliphatic rings. The van der Waals surface area contributed by atoms with Gasteiger partial charge in [0.15, 0.2) is 0 Å². The molecule has 1 unspecified atom stereocenters. The molecule has 5 nitrogen and oxygen atoms in total. The number of hydrogen-bond donors (Lipinski definition) is 3. The third-order valence-corrected chi connectivity index (χ3v) is 1.48. The molecule has 8 heteroatoms. The summed E-state index contributed by atoms with van der Waals surface area (Å²) in [7, 11) is 0. The molecule has 0 rings (SSSR count). The van der Waals surface area contributed by atoms with E-state index in [2.05, 4.69) is 5.32 Å². The number of alkyl halides is 1. The van der Waals surface area contributed by atoms with Gasteiger partial charge >= 0.3 is 71.1 Å². The van der Waals surface area contributed by atoms with Crippen LogP contribution in [0, 0.1) is 0 Å². The molecule has 0 radical (unpaired) electrons. The predicted molar refractivity (Wildman–Crippen MR) is 61.3 cm³/mol. The molecule has 0 bridgehead atoms. The van der Waals surface area contributed by atoms with E-state index in [1.54, 1.807) is 6.92 Å². The summed E-state index contributed by atoms with van der Waals surface area (Å²) in [5, 5.41) is 19.2. The van der Waals surface area contributed by atoms with Crippen LogP contribution < -0.4 is 5.32 Å². The monoisotopic (exact) mass is 257 g/mol. The van der Waals surface area contributed by atoms with Crippen LogP contribution in [0.3, 0.4) is 0 Å². The molecule has 3 N–H and O–H groups in total. The summed E-state index contributed by atoms with van der Waals surface area (Å²) in [5.74, 6) is -2.33. The van der Waals surface area contributed by atoms with Crippen molar-refractivity contribution in [2.45, 2.75) is 24.8 Å². The summed E-state index contributed by atoms with van der Waals surface area (Å²) in [6.45, 7) is 1.96. The fraction of sp³-hybridized carbons (Fsp3) is 0.714. The topological polar surface area (TPSA) is 86.6 Å². The molecule has 0 aromatic heterocycles. The number of carboxylic acids is 2. The Morgan fingerprint density at radius 3 is 2.07 bits per heavy atom. The van der Waals surface area contributed by atoms with Gasteiger partial charge in [-0.05, 0) is 6.92 Å². The number of nitrogens with one attached hydrogen (secondary N) is 1. The van der Waals surface area contributed by atoms with E-state index < -0.39 is 24.4 Å². The van der Waals surface area contributed by atoms with Crippen molar-refractivity contribution in [1.82, 2.24) is 5.32 Å². The van der Waals surface area contributed by atoms with Crippen molar-refractivity contribution < 1.29 is 19.8 Å². The normalized spacial score (nSPS) is 12.9. The zero-order chi connectivity index (χ0) is 10.4. The second-order valence-corrected chi connectivity index (χ2v) is 3.42. The van der Waals surface area contributed by atoms with E-state index in [-0.39, 0.29) is 71.0 Å². The van der Waals surface area contributed by atoms with E-state index in [1.807, 2.05) is 0 Å². The van der Waals surface area contributed by atoms with Gasteiger partial charge < -0.3 is 15.5 Å². The predicted octanol–water partition coefficient (Wildman–Crippen LogP) is -1.17. The van der Waals surface area contributed by atoms with Crippen LogP contribution in [0.4, 0.5) is 0 Å². The zero-order valence-electron chi connectivity index (χ0n) is 7.16. The quantitative estimate of drug-likeness (QED) is 0.413. The first kappa shape index (κ1) is 21.5. The number of carboxylic acid groups (broad SMARTS) is 2. The van der Waals surface area contributed by atoms with Crippen molar-refractivity contribution in [2.24, 2.45) is 0 Å². The Kier molecular flexibility index (Phi) is 16.7. The average molecular weight is 258 g/mol. The van der Waals surface area contributed by atoms with E-state index in [0.29, 0.717) is 0 Å². The van der Waals surface area contributed by atoms with Crippen molar-refractivity contribution in [3.63, 3.8) is 0 Å². The summed E-state index contributed by atoms with van der Waals surface area (Å²) in [6.07, 6.45) is -0.445. The van der Waals surface area contributed by atoms with Crippen LogP contribution in [-0.4, -0.2) is 99.2 Å². The van der Waals surface area contributed by atoms with Crippen LogP contribution >= 0.6 is 11.6 Å². The van der Waals surface area contributed by atoms with Crippen molar-refractivity contribution >= 4 is 82.7 Å². The summed E-state index contributed by atoms with van der Waals surface area (Å²) >= 11 is 5.56. The summed E-state index contributed by atoms with van der Waals surface area (Å²) in [6, 6.07) is -1.07. The molecule has 0 spiro atoms. The van der Waals surface area contributed by atoms with Crippen molar-refractivity contribution in [3.05, 3.63) is 0 Å². The van der Waals surface area contributed by atoms with E-state index in [1.165, 1.54) is 0 Å². The molecule has 80 valence electrons. The van der Waals surface area contributed by atoms with Gasteiger partial charge in [0.1, 0.15) is 6.04 Å². The second kappa shape index (κ2) is 11.7. The van der Waals surface area contributed by atoms with Gasteiger partial charge in [-0.2, -0.15) is 0 Å². The van der Waals surface area contributed by atoms with Crippen LogP contribution in [0.15, 0.2) is 0 Å². The molecule has 0 saturated carbocycles. The zero-order valence-corrected chi connectivity index (χ0v) is 7.91. The van der Waals surface area contributed by atoms with Crippen LogP contribution in [0.25, 0.3) is 0 Å². The Morgan fingerprint density at radius 1 is 1.33 bits per heavy atom. The standard InChI is InChI=1S/C7H12ClNO4.2Na.2H/c1-4(8)3-9-5(7(12)13)2-6(10)11;;;;/h4-5,9H,2-3H2,1H3,(H,10,11)(H,12,13);;;;/t4?,5-;;;;/m0..../s1. The summed E-state index contributed by atoms with van der Waals surface area (Å²) in [5.41, 5.74) is 0. The second-order valence-electron chi connectivity index (χ2n) is 2.68. The number of rotatable bonds is 6. The third-order valence-electron chi connectivity index (χ3n) is 1.32. The summed E-state index contributed by atoms with van der Waals surface area (Å²) < 4.78 is 0. The summed E-state index contributed by atoms with van der Waals surface area (Å²) in [4.78, 5) is 20.7. The molecular formula is C7H14ClNNa2O4. The van der Waals surface area contributed by atoms with Gasteiger partial charge in [0.2, 0.25) is 0 Å². The molecule has 0 fully saturated rings. The Labute approximate surface area is 138 Å². The SMILES string of the molecule is CC(Cl)CN[C@@H](CC(=O)O)C(=O)O.[NaH].[NaH]. The van der Waals surface area contributed by atoms with Gasteiger partial charge in [0.05, 0.1) is 6.42 Å². The molecule has 0 aromatic rings. The van der Waals surface area contributed by atoms with Gasteiger partial charge in [0, 0.05) is 11.9 Å². The fourth-order valence-electron chi connectivity index (χ4n) is 0.726. The van der Waals surface area contributed by atoms with Crippen LogP contribution in [-0.2, 0) is 9.59 Å². The maximum absolute atomic E-state index is 10.5.